The topological polar surface area (TPSA) is 28.7 Å². The summed E-state index contributed by atoms with van der Waals surface area (Å²) in [7, 11) is 0. The van der Waals surface area contributed by atoms with E-state index in [-0.39, 0.29) is 5.41 Å². The molecule has 0 saturated carbocycles. The quantitative estimate of drug-likeness (QED) is 0.826. The first-order valence-electron chi connectivity index (χ1n) is 8.08. The van der Waals surface area contributed by atoms with Crippen molar-refractivity contribution in [2.45, 2.75) is 65.2 Å². The number of nitrogens with zero attached hydrogens (tertiary/aromatic N) is 1. The van der Waals surface area contributed by atoms with E-state index in [9.17, 15) is 0 Å². The average Bonchev–Trinajstić information content (AvgIpc) is 3.05. The molecule has 1 aliphatic rings. The van der Waals surface area contributed by atoms with Crippen LogP contribution in [0.3, 0.4) is 0 Å². The molecular weight excluding hydrogens is 256 g/mol. The molecule has 0 radical (unpaired) electrons. The number of hydrogen-bond donors (Lipinski definition) is 1. The van der Waals surface area contributed by atoms with E-state index in [1.807, 2.05) is 6.20 Å². The zero-order chi connectivity index (χ0) is 15.2. The first-order valence-corrected chi connectivity index (χ1v) is 8.08. The standard InChI is InChI=1S/C19H26N2/c1-12(2)18-20-11-17(21-18)15-9-10-16(19(3,4)5)14-8-6-7-13(14)15/h9-12H,6-8H2,1-5H3,(H,20,21). The van der Waals surface area contributed by atoms with Crippen LogP contribution in [0.25, 0.3) is 11.3 Å². The number of nitrogens with one attached hydrogen (secondary N) is 1. The first-order chi connectivity index (χ1) is 9.88. The van der Waals surface area contributed by atoms with Crippen LogP contribution in [0.4, 0.5) is 0 Å². The summed E-state index contributed by atoms with van der Waals surface area (Å²) in [5.74, 6) is 1.53. The fourth-order valence-corrected chi connectivity index (χ4v) is 3.43. The van der Waals surface area contributed by atoms with Crippen molar-refractivity contribution in [3.63, 3.8) is 0 Å². The number of rotatable bonds is 2. The molecule has 21 heavy (non-hydrogen) atoms. The summed E-state index contributed by atoms with van der Waals surface area (Å²) < 4.78 is 0. The van der Waals surface area contributed by atoms with Crippen LogP contribution in [0.1, 0.15) is 69.5 Å². The Balaban J connectivity index is 2.10. The minimum absolute atomic E-state index is 0.226. The van der Waals surface area contributed by atoms with Crippen molar-refractivity contribution in [3.8, 4) is 11.3 Å². The average molecular weight is 282 g/mol. The highest BCUT2D eigenvalue weighted by molar-refractivity contribution is 5.68. The third-order valence-electron chi connectivity index (χ3n) is 4.53. The van der Waals surface area contributed by atoms with Crippen LogP contribution in [0.15, 0.2) is 18.3 Å². The summed E-state index contributed by atoms with van der Waals surface area (Å²) in [5.41, 5.74) is 7.40. The lowest BCUT2D eigenvalue weighted by molar-refractivity contribution is 0.583. The summed E-state index contributed by atoms with van der Waals surface area (Å²) in [4.78, 5) is 8.04. The van der Waals surface area contributed by atoms with Crippen LogP contribution in [-0.2, 0) is 18.3 Å². The lowest BCUT2D eigenvalue weighted by Gasteiger charge is -2.24. The second kappa shape index (κ2) is 5.01. The van der Waals surface area contributed by atoms with Crippen molar-refractivity contribution in [2.75, 3.05) is 0 Å². The zero-order valence-electron chi connectivity index (χ0n) is 13.9. The van der Waals surface area contributed by atoms with E-state index < -0.39 is 0 Å². The molecule has 2 heteroatoms. The highest BCUT2D eigenvalue weighted by Gasteiger charge is 2.25. The number of aromatic amines is 1. The minimum atomic E-state index is 0.226. The fraction of sp³-hybridized carbons (Fsp3) is 0.526. The SMILES string of the molecule is CC(C)c1ncc(-c2ccc(C(C)(C)C)c3c2CCC3)[nH]1. The van der Waals surface area contributed by atoms with Gasteiger partial charge in [0.25, 0.3) is 0 Å². The van der Waals surface area contributed by atoms with E-state index in [0.29, 0.717) is 5.92 Å². The summed E-state index contributed by atoms with van der Waals surface area (Å²) in [6.45, 7) is 11.3. The van der Waals surface area contributed by atoms with Gasteiger partial charge in [0.15, 0.2) is 0 Å². The highest BCUT2D eigenvalue weighted by atomic mass is 14.9. The van der Waals surface area contributed by atoms with Gasteiger partial charge in [0.2, 0.25) is 0 Å². The number of hydrogen-bond acceptors (Lipinski definition) is 1. The van der Waals surface area contributed by atoms with Crippen LogP contribution in [-0.4, -0.2) is 9.97 Å². The molecule has 3 rings (SSSR count). The van der Waals surface area contributed by atoms with Crippen LogP contribution >= 0.6 is 0 Å². The van der Waals surface area contributed by atoms with Crippen molar-refractivity contribution >= 4 is 0 Å². The number of imidazole rings is 1. The van der Waals surface area contributed by atoms with Gasteiger partial charge >= 0.3 is 0 Å². The second-order valence-electron chi connectivity index (χ2n) is 7.56. The third-order valence-corrected chi connectivity index (χ3v) is 4.53. The number of H-pyrrole nitrogens is 1. The second-order valence-corrected chi connectivity index (χ2v) is 7.56. The molecule has 2 aromatic rings. The molecule has 0 aliphatic heterocycles. The maximum Gasteiger partial charge on any atom is 0.109 e. The molecule has 112 valence electrons. The van der Waals surface area contributed by atoms with Gasteiger partial charge in [-0.05, 0) is 41.4 Å². The van der Waals surface area contributed by atoms with Crippen LogP contribution in [0.5, 0.6) is 0 Å². The molecule has 0 fully saturated rings. The molecule has 2 nitrogen and oxygen atoms in total. The van der Waals surface area contributed by atoms with E-state index in [1.54, 1.807) is 11.1 Å². The molecular formula is C19H26N2. The molecule has 1 aromatic heterocycles. The predicted octanol–water partition coefficient (Wildman–Crippen LogP) is 4.99. The summed E-state index contributed by atoms with van der Waals surface area (Å²) in [6.07, 6.45) is 5.70. The monoisotopic (exact) mass is 282 g/mol. The molecule has 0 amide bonds. The first kappa shape index (κ1) is 14.4. The van der Waals surface area contributed by atoms with Gasteiger partial charge in [-0.25, -0.2) is 4.98 Å². The Morgan fingerprint density at radius 3 is 2.43 bits per heavy atom. The summed E-state index contributed by atoms with van der Waals surface area (Å²) >= 11 is 0. The van der Waals surface area contributed by atoms with Gasteiger partial charge in [0, 0.05) is 11.5 Å². The molecule has 0 bridgehead atoms. The summed E-state index contributed by atoms with van der Waals surface area (Å²) in [6, 6.07) is 4.62. The predicted molar refractivity (Wildman–Crippen MR) is 88.8 cm³/mol. The molecule has 0 atom stereocenters. The minimum Gasteiger partial charge on any atom is -0.342 e. The number of fused-ring (bicyclic) bond motifs is 1. The van der Waals surface area contributed by atoms with Crippen LogP contribution < -0.4 is 0 Å². The van der Waals surface area contributed by atoms with Gasteiger partial charge in [-0.2, -0.15) is 0 Å². The van der Waals surface area contributed by atoms with Crippen molar-refractivity contribution in [1.82, 2.24) is 9.97 Å². The number of benzene rings is 1. The van der Waals surface area contributed by atoms with Crippen molar-refractivity contribution in [2.24, 2.45) is 0 Å². The van der Waals surface area contributed by atoms with Crippen LogP contribution in [0.2, 0.25) is 0 Å². The molecule has 1 heterocycles. The Morgan fingerprint density at radius 2 is 1.81 bits per heavy atom. The molecule has 0 spiro atoms. The number of aromatic nitrogens is 2. The Hall–Kier alpha value is -1.57. The van der Waals surface area contributed by atoms with E-state index in [0.717, 1.165) is 5.82 Å². The zero-order valence-corrected chi connectivity index (χ0v) is 13.9. The van der Waals surface area contributed by atoms with Crippen molar-refractivity contribution in [3.05, 3.63) is 40.8 Å². The largest absolute Gasteiger partial charge is 0.342 e. The Morgan fingerprint density at radius 1 is 1.10 bits per heavy atom. The van der Waals surface area contributed by atoms with Gasteiger partial charge in [-0.1, -0.05) is 46.8 Å². The van der Waals surface area contributed by atoms with E-state index >= 15 is 0 Å². The van der Waals surface area contributed by atoms with Gasteiger partial charge in [0.05, 0.1) is 11.9 Å². The highest BCUT2D eigenvalue weighted by Crippen LogP contribution is 2.38. The molecule has 1 N–H and O–H groups in total. The van der Waals surface area contributed by atoms with Gasteiger partial charge in [0.1, 0.15) is 5.82 Å². The third kappa shape index (κ3) is 2.52. The maximum absolute atomic E-state index is 4.53. The van der Waals surface area contributed by atoms with Crippen molar-refractivity contribution < 1.29 is 0 Å². The van der Waals surface area contributed by atoms with E-state index in [1.165, 1.54) is 36.1 Å². The van der Waals surface area contributed by atoms with Crippen molar-refractivity contribution in [1.29, 1.82) is 0 Å². The van der Waals surface area contributed by atoms with Crippen LogP contribution in [0, 0.1) is 0 Å². The van der Waals surface area contributed by atoms with E-state index in [4.69, 9.17) is 0 Å². The summed E-state index contributed by atoms with van der Waals surface area (Å²) in [5, 5.41) is 0. The molecule has 1 aliphatic carbocycles. The van der Waals surface area contributed by atoms with Gasteiger partial charge in [-0.15, -0.1) is 0 Å². The van der Waals surface area contributed by atoms with Gasteiger partial charge in [-0.3, -0.25) is 0 Å². The Bertz CT molecular complexity index is 657. The smallest absolute Gasteiger partial charge is 0.109 e. The molecule has 0 saturated heterocycles. The van der Waals surface area contributed by atoms with Gasteiger partial charge < -0.3 is 4.98 Å². The lowest BCUT2D eigenvalue weighted by Crippen LogP contribution is -2.14. The fourth-order valence-electron chi connectivity index (χ4n) is 3.43. The van der Waals surface area contributed by atoms with E-state index in [2.05, 4.69) is 56.7 Å². The lowest BCUT2D eigenvalue weighted by atomic mass is 9.81. The maximum atomic E-state index is 4.53. The molecule has 1 aromatic carbocycles. The molecule has 0 unspecified atom stereocenters. The Kier molecular flexibility index (Phi) is 3.43. The Labute approximate surface area is 128 Å². The normalized spacial score (nSPS) is 14.8.